The van der Waals surface area contributed by atoms with Crippen molar-refractivity contribution in [1.29, 1.82) is 0 Å². The van der Waals surface area contributed by atoms with Crippen molar-refractivity contribution in [3.8, 4) is 0 Å². The van der Waals surface area contributed by atoms with E-state index in [1.54, 1.807) is 18.3 Å². The van der Waals surface area contributed by atoms with Gasteiger partial charge in [-0.1, -0.05) is 32.1 Å². The average Bonchev–Trinajstić information content (AvgIpc) is 2.62. The van der Waals surface area contributed by atoms with Crippen molar-refractivity contribution >= 4 is 23.5 Å². The van der Waals surface area contributed by atoms with Crippen LogP contribution in [0.5, 0.6) is 0 Å². The van der Waals surface area contributed by atoms with E-state index in [1.165, 1.54) is 6.42 Å². The molecule has 1 unspecified atom stereocenters. The van der Waals surface area contributed by atoms with Crippen LogP contribution >= 0.6 is 11.9 Å². The van der Waals surface area contributed by atoms with Gasteiger partial charge in [-0.05, 0) is 42.3 Å². The van der Waals surface area contributed by atoms with E-state index in [2.05, 4.69) is 10.3 Å². The van der Waals surface area contributed by atoms with Crippen LogP contribution in [-0.4, -0.2) is 16.8 Å². The SMILES string of the molecule is NSc1cc(NC(=O)[C@@H]2CC(F)(F)CCC2C2CCCCC2)ccn1. The number of alkyl halides is 2. The molecule has 138 valence electrons. The highest BCUT2D eigenvalue weighted by molar-refractivity contribution is 7.97. The first kappa shape index (κ1) is 18.6. The molecule has 2 aliphatic carbocycles. The molecule has 7 heteroatoms. The van der Waals surface area contributed by atoms with Crippen molar-refractivity contribution in [2.75, 3.05) is 5.32 Å². The second-order valence-electron chi connectivity index (χ2n) is 7.26. The largest absolute Gasteiger partial charge is 0.326 e. The first-order valence-corrected chi connectivity index (χ1v) is 9.88. The zero-order valence-corrected chi connectivity index (χ0v) is 15.0. The predicted octanol–water partition coefficient (Wildman–Crippen LogP) is 4.62. The Hall–Kier alpha value is -1.21. The third-order valence-electron chi connectivity index (χ3n) is 5.59. The van der Waals surface area contributed by atoms with E-state index < -0.39 is 11.8 Å². The molecule has 0 bridgehead atoms. The monoisotopic (exact) mass is 369 g/mol. The fourth-order valence-electron chi connectivity index (χ4n) is 4.35. The van der Waals surface area contributed by atoms with E-state index in [1.807, 2.05) is 0 Å². The summed E-state index contributed by atoms with van der Waals surface area (Å²) in [5.41, 5.74) is 0.559. The molecule has 0 aromatic carbocycles. The Morgan fingerprint density at radius 2 is 2.04 bits per heavy atom. The van der Waals surface area contributed by atoms with Gasteiger partial charge in [0.1, 0.15) is 5.03 Å². The van der Waals surface area contributed by atoms with E-state index in [4.69, 9.17) is 5.14 Å². The zero-order valence-electron chi connectivity index (χ0n) is 14.2. The predicted molar refractivity (Wildman–Crippen MR) is 95.3 cm³/mol. The Balaban J connectivity index is 1.75. The molecule has 2 fully saturated rings. The van der Waals surface area contributed by atoms with Crippen molar-refractivity contribution in [3.05, 3.63) is 18.3 Å². The highest BCUT2D eigenvalue weighted by Crippen LogP contribution is 2.47. The quantitative estimate of drug-likeness (QED) is 0.760. The molecule has 25 heavy (non-hydrogen) atoms. The van der Waals surface area contributed by atoms with Crippen molar-refractivity contribution < 1.29 is 13.6 Å². The topological polar surface area (TPSA) is 68.0 Å². The van der Waals surface area contributed by atoms with Crippen LogP contribution in [0.2, 0.25) is 0 Å². The third kappa shape index (κ3) is 4.70. The number of rotatable bonds is 4. The highest BCUT2D eigenvalue weighted by atomic mass is 32.2. The van der Waals surface area contributed by atoms with Crippen LogP contribution in [0, 0.1) is 17.8 Å². The minimum Gasteiger partial charge on any atom is -0.326 e. The van der Waals surface area contributed by atoms with E-state index in [0.717, 1.165) is 37.6 Å². The number of pyridine rings is 1. The Kier molecular flexibility index (Phi) is 5.94. The number of hydrogen-bond donors (Lipinski definition) is 2. The van der Waals surface area contributed by atoms with Crippen molar-refractivity contribution in [3.63, 3.8) is 0 Å². The molecule has 2 aliphatic rings. The van der Waals surface area contributed by atoms with E-state index >= 15 is 0 Å². The first-order valence-electron chi connectivity index (χ1n) is 9.00. The molecule has 0 aliphatic heterocycles. The van der Waals surface area contributed by atoms with Crippen molar-refractivity contribution in [2.24, 2.45) is 22.9 Å². The standard InChI is InChI=1S/C18H25F2N3OS/c19-18(20)8-6-14(12-4-2-1-3-5-12)15(11-18)17(24)23-13-7-9-22-16(10-13)25-21/h7,9-10,12,14-15H,1-6,8,11,21H2,(H,22,23,24)/t14?,15-/m1/s1. The fraction of sp³-hybridized carbons (Fsp3) is 0.667. The molecule has 2 saturated carbocycles. The van der Waals surface area contributed by atoms with Crippen LogP contribution in [0.4, 0.5) is 14.5 Å². The molecule has 1 amide bonds. The van der Waals surface area contributed by atoms with Gasteiger partial charge in [0.2, 0.25) is 11.8 Å². The molecule has 4 nitrogen and oxygen atoms in total. The molecule has 1 heterocycles. The Bertz CT molecular complexity index is 608. The van der Waals surface area contributed by atoms with Gasteiger partial charge in [0.25, 0.3) is 0 Å². The van der Waals surface area contributed by atoms with Gasteiger partial charge in [0.05, 0.1) is 0 Å². The molecule has 3 N–H and O–H groups in total. The van der Waals surface area contributed by atoms with Gasteiger partial charge >= 0.3 is 0 Å². The van der Waals surface area contributed by atoms with Gasteiger partial charge in [-0.3, -0.25) is 9.93 Å². The summed E-state index contributed by atoms with van der Waals surface area (Å²) >= 11 is 0.986. The Morgan fingerprint density at radius 1 is 1.28 bits per heavy atom. The summed E-state index contributed by atoms with van der Waals surface area (Å²) in [6.45, 7) is 0. The molecular weight excluding hydrogens is 344 g/mol. The summed E-state index contributed by atoms with van der Waals surface area (Å²) in [5.74, 6) is -3.22. The van der Waals surface area contributed by atoms with Crippen molar-refractivity contribution in [2.45, 2.75) is 62.3 Å². The highest BCUT2D eigenvalue weighted by Gasteiger charge is 2.46. The lowest BCUT2D eigenvalue weighted by molar-refractivity contribution is -0.134. The van der Waals surface area contributed by atoms with Crippen LogP contribution in [0.3, 0.4) is 0 Å². The maximum Gasteiger partial charge on any atom is 0.248 e. The van der Waals surface area contributed by atoms with Gasteiger partial charge in [-0.2, -0.15) is 0 Å². The number of carbonyl (C=O) groups is 1. The van der Waals surface area contributed by atoms with E-state index in [9.17, 15) is 13.6 Å². The second-order valence-corrected chi connectivity index (χ2v) is 7.91. The van der Waals surface area contributed by atoms with Crippen LogP contribution in [0.25, 0.3) is 0 Å². The van der Waals surface area contributed by atoms with E-state index in [-0.39, 0.29) is 24.7 Å². The molecular formula is C18H25F2N3OS. The molecule has 1 aromatic rings. The Morgan fingerprint density at radius 3 is 2.76 bits per heavy atom. The smallest absolute Gasteiger partial charge is 0.248 e. The van der Waals surface area contributed by atoms with Crippen LogP contribution in [0.15, 0.2) is 23.4 Å². The number of nitrogens with zero attached hydrogens (tertiary/aromatic N) is 1. The summed E-state index contributed by atoms with van der Waals surface area (Å²) < 4.78 is 28.0. The third-order valence-corrected chi connectivity index (χ3v) is 6.06. The number of aromatic nitrogens is 1. The summed E-state index contributed by atoms with van der Waals surface area (Å²) in [6.07, 6.45) is 7.18. The lowest BCUT2D eigenvalue weighted by Crippen LogP contribution is -2.42. The van der Waals surface area contributed by atoms with Gasteiger partial charge in [-0.15, -0.1) is 0 Å². The number of hydrogen-bond acceptors (Lipinski definition) is 4. The number of nitrogens with one attached hydrogen (secondary N) is 1. The second kappa shape index (κ2) is 7.99. The minimum absolute atomic E-state index is 0.0603. The van der Waals surface area contributed by atoms with Gasteiger partial charge < -0.3 is 5.32 Å². The molecule has 0 saturated heterocycles. The Labute approximate surface area is 151 Å². The maximum atomic E-state index is 14.0. The van der Waals surface area contributed by atoms with Gasteiger partial charge in [-0.25, -0.2) is 13.8 Å². The van der Waals surface area contributed by atoms with Gasteiger partial charge in [0, 0.05) is 30.6 Å². The lowest BCUT2D eigenvalue weighted by atomic mass is 9.67. The molecule has 0 spiro atoms. The normalized spacial score (nSPS) is 27.0. The summed E-state index contributed by atoms with van der Waals surface area (Å²) in [6, 6.07) is 3.33. The molecule has 1 aromatic heterocycles. The average molecular weight is 369 g/mol. The molecule has 3 rings (SSSR count). The van der Waals surface area contributed by atoms with Crippen LogP contribution in [0.1, 0.15) is 51.4 Å². The maximum absolute atomic E-state index is 14.0. The van der Waals surface area contributed by atoms with Crippen LogP contribution < -0.4 is 10.5 Å². The number of nitrogens with two attached hydrogens (primary N) is 1. The molecule has 2 atom stereocenters. The fourth-order valence-corrected chi connectivity index (χ4v) is 4.67. The molecule has 0 radical (unpaired) electrons. The number of amides is 1. The van der Waals surface area contributed by atoms with Gasteiger partial charge in [0.15, 0.2) is 0 Å². The summed E-state index contributed by atoms with van der Waals surface area (Å²) in [4.78, 5) is 16.9. The van der Waals surface area contributed by atoms with E-state index in [0.29, 0.717) is 23.1 Å². The summed E-state index contributed by atoms with van der Waals surface area (Å²) in [5, 5.41) is 8.88. The zero-order chi connectivity index (χ0) is 17.9. The number of anilines is 1. The number of halogens is 2. The first-order chi connectivity index (χ1) is 12.0. The number of carbonyl (C=O) groups excluding carboxylic acids is 1. The van der Waals surface area contributed by atoms with Crippen molar-refractivity contribution in [1.82, 2.24) is 4.98 Å². The van der Waals surface area contributed by atoms with Crippen LogP contribution in [-0.2, 0) is 4.79 Å². The minimum atomic E-state index is -2.75. The lowest BCUT2D eigenvalue weighted by Gasteiger charge is -2.40. The summed E-state index contributed by atoms with van der Waals surface area (Å²) in [7, 11) is 0.